The van der Waals surface area contributed by atoms with Crippen LogP contribution in [0.1, 0.15) is 11.3 Å². The Kier molecular flexibility index (Phi) is 4.10. The van der Waals surface area contributed by atoms with Crippen LogP contribution in [0, 0.1) is 11.7 Å². The highest BCUT2D eigenvalue weighted by molar-refractivity contribution is 7.71. The fourth-order valence-corrected chi connectivity index (χ4v) is 2.98. The van der Waals surface area contributed by atoms with E-state index in [0.717, 1.165) is 27.8 Å². The van der Waals surface area contributed by atoms with Gasteiger partial charge in [-0.25, -0.2) is 5.10 Å². The number of fused-ring (bicyclic) bond motifs is 1. The van der Waals surface area contributed by atoms with Crippen molar-refractivity contribution in [2.45, 2.75) is 6.92 Å². The average Bonchev–Trinajstić information content (AvgIpc) is 3.25. The first kappa shape index (κ1) is 16.2. The molecule has 0 unspecified atom stereocenters. The first-order chi connectivity index (χ1) is 12.7. The van der Waals surface area contributed by atoms with E-state index < -0.39 is 0 Å². The smallest absolute Gasteiger partial charge is 0.216 e. The summed E-state index contributed by atoms with van der Waals surface area (Å²) in [6.45, 7) is 1.92. The number of aromatic nitrogens is 5. The maximum absolute atomic E-state index is 5.50. The van der Waals surface area contributed by atoms with Crippen molar-refractivity contribution in [1.82, 2.24) is 25.1 Å². The van der Waals surface area contributed by atoms with Gasteiger partial charge in [0.1, 0.15) is 11.4 Å². The van der Waals surface area contributed by atoms with Crippen LogP contribution in [-0.2, 0) is 0 Å². The molecule has 4 aromatic rings. The standard InChI is InChI=1S/C18H16N6OS/c1-11-9-15(21-20-11)17-22-23-18(26)24(17)19-10-14-13-6-4-3-5-12(13)7-8-16(14)25-2/h3-10H,1-2H3,(H,20,21)(H,23,26). The van der Waals surface area contributed by atoms with Gasteiger partial charge in [0.25, 0.3) is 0 Å². The Balaban J connectivity index is 1.84. The molecule has 0 saturated carbocycles. The highest BCUT2D eigenvalue weighted by atomic mass is 32.1. The Morgan fingerprint density at radius 2 is 2.00 bits per heavy atom. The Morgan fingerprint density at radius 3 is 2.77 bits per heavy atom. The highest BCUT2D eigenvalue weighted by Gasteiger charge is 2.12. The van der Waals surface area contributed by atoms with Crippen LogP contribution in [0.4, 0.5) is 0 Å². The van der Waals surface area contributed by atoms with Crippen molar-refractivity contribution < 1.29 is 4.74 Å². The molecule has 7 nitrogen and oxygen atoms in total. The predicted octanol–water partition coefficient (Wildman–Crippen LogP) is 3.68. The number of methoxy groups -OCH3 is 1. The Bertz CT molecular complexity index is 1170. The van der Waals surface area contributed by atoms with Crippen LogP contribution >= 0.6 is 12.2 Å². The SMILES string of the molecule is COc1ccc2ccccc2c1C=Nn1c(-c2cc(C)[nH]n2)n[nH]c1=S. The Labute approximate surface area is 154 Å². The van der Waals surface area contributed by atoms with Gasteiger partial charge in [-0.1, -0.05) is 30.3 Å². The van der Waals surface area contributed by atoms with Crippen LogP contribution in [0.2, 0.25) is 0 Å². The summed E-state index contributed by atoms with van der Waals surface area (Å²) in [7, 11) is 1.64. The molecule has 0 amide bonds. The van der Waals surface area contributed by atoms with Gasteiger partial charge in [-0.2, -0.15) is 20.0 Å². The molecule has 130 valence electrons. The molecule has 26 heavy (non-hydrogen) atoms. The molecule has 0 aliphatic rings. The van der Waals surface area contributed by atoms with E-state index in [-0.39, 0.29) is 0 Å². The number of ether oxygens (including phenoxy) is 1. The number of H-pyrrole nitrogens is 2. The average molecular weight is 364 g/mol. The lowest BCUT2D eigenvalue weighted by molar-refractivity contribution is 0.415. The third kappa shape index (κ3) is 2.80. The predicted molar refractivity (Wildman–Crippen MR) is 103 cm³/mol. The molecule has 4 rings (SSSR count). The second-order valence-corrected chi connectivity index (χ2v) is 6.13. The maximum Gasteiger partial charge on any atom is 0.216 e. The number of aryl methyl sites for hydroxylation is 1. The fraction of sp³-hybridized carbons (Fsp3) is 0.111. The van der Waals surface area contributed by atoms with Crippen molar-refractivity contribution in [3.63, 3.8) is 0 Å². The van der Waals surface area contributed by atoms with Gasteiger partial charge >= 0.3 is 0 Å². The molecule has 2 aromatic carbocycles. The van der Waals surface area contributed by atoms with E-state index in [2.05, 4.69) is 25.5 Å². The van der Waals surface area contributed by atoms with E-state index in [4.69, 9.17) is 17.0 Å². The summed E-state index contributed by atoms with van der Waals surface area (Å²) in [5, 5.41) is 20.8. The molecule has 0 bridgehead atoms. The molecule has 0 fully saturated rings. The number of nitrogens with one attached hydrogen (secondary N) is 2. The molecular weight excluding hydrogens is 348 g/mol. The summed E-state index contributed by atoms with van der Waals surface area (Å²) < 4.78 is 7.44. The zero-order chi connectivity index (χ0) is 18.1. The Morgan fingerprint density at radius 1 is 1.15 bits per heavy atom. The van der Waals surface area contributed by atoms with Gasteiger partial charge in [0.2, 0.25) is 10.6 Å². The molecule has 8 heteroatoms. The van der Waals surface area contributed by atoms with Crippen molar-refractivity contribution in [1.29, 1.82) is 0 Å². The van der Waals surface area contributed by atoms with Crippen molar-refractivity contribution in [3.05, 3.63) is 58.5 Å². The number of benzene rings is 2. The highest BCUT2D eigenvalue weighted by Crippen LogP contribution is 2.26. The van der Waals surface area contributed by atoms with Crippen LogP contribution in [0.15, 0.2) is 47.6 Å². The van der Waals surface area contributed by atoms with E-state index in [1.807, 2.05) is 49.4 Å². The van der Waals surface area contributed by atoms with E-state index in [9.17, 15) is 0 Å². The van der Waals surface area contributed by atoms with Crippen LogP contribution in [0.5, 0.6) is 5.75 Å². The van der Waals surface area contributed by atoms with Crippen molar-refractivity contribution in [2.75, 3.05) is 7.11 Å². The van der Waals surface area contributed by atoms with Gasteiger partial charge in [-0.15, -0.1) is 0 Å². The zero-order valence-electron chi connectivity index (χ0n) is 14.2. The second-order valence-electron chi connectivity index (χ2n) is 5.75. The van der Waals surface area contributed by atoms with Crippen LogP contribution in [0.25, 0.3) is 22.3 Å². The molecule has 2 aromatic heterocycles. The second kappa shape index (κ2) is 6.57. The summed E-state index contributed by atoms with van der Waals surface area (Å²) in [5.74, 6) is 1.27. The number of nitrogens with zero attached hydrogens (tertiary/aromatic N) is 4. The molecule has 0 radical (unpaired) electrons. The largest absolute Gasteiger partial charge is 0.496 e. The van der Waals surface area contributed by atoms with Gasteiger partial charge in [-0.3, -0.25) is 5.10 Å². The summed E-state index contributed by atoms with van der Waals surface area (Å²) in [6, 6.07) is 13.9. The minimum Gasteiger partial charge on any atom is -0.496 e. The normalized spacial score (nSPS) is 11.5. The molecule has 0 spiro atoms. The van der Waals surface area contributed by atoms with Gasteiger partial charge in [0.05, 0.1) is 13.3 Å². The number of hydrogen-bond acceptors (Lipinski definition) is 5. The number of rotatable bonds is 4. The zero-order valence-corrected chi connectivity index (χ0v) is 15.0. The van der Waals surface area contributed by atoms with Crippen molar-refractivity contribution in [2.24, 2.45) is 5.10 Å². The molecular formula is C18H16N6OS. The molecule has 0 atom stereocenters. The first-order valence-corrected chi connectivity index (χ1v) is 8.38. The summed E-state index contributed by atoms with van der Waals surface area (Å²) in [4.78, 5) is 0. The fourth-order valence-electron chi connectivity index (χ4n) is 2.80. The molecule has 2 N–H and O–H groups in total. The van der Waals surface area contributed by atoms with Gasteiger partial charge in [0, 0.05) is 11.3 Å². The van der Waals surface area contributed by atoms with Crippen LogP contribution < -0.4 is 4.74 Å². The molecule has 0 saturated heterocycles. The topological polar surface area (TPSA) is 83.9 Å². The van der Waals surface area contributed by atoms with E-state index >= 15 is 0 Å². The van der Waals surface area contributed by atoms with Gasteiger partial charge in [0.15, 0.2) is 0 Å². The minimum atomic E-state index is 0.385. The molecule has 0 aliphatic carbocycles. The minimum absolute atomic E-state index is 0.385. The van der Waals surface area contributed by atoms with Crippen LogP contribution in [0.3, 0.4) is 0 Å². The number of hydrogen-bond donors (Lipinski definition) is 2. The maximum atomic E-state index is 5.50. The van der Waals surface area contributed by atoms with Crippen LogP contribution in [-0.4, -0.2) is 38.4 Å². The third-order valence-corrected chi connectivity index (χ3v) is 4.30. The lowest BCUT2D eigenvalue weighted by atomic mass is 10.0. The lowest BCUT2D eigenvalue weighted by Crippen LogP contribution is -1.98. The van der Waals surface area contributed by atoms with E-state index in [1.54, 1.807) is 18.0 Å². The first-order valence-electron chi connectivity index (χ1n) is 7.97. The molecule has 2 heterocycles. The summed E-state index contributed by atoms with van der Waals surface area (Å²) >= 11 is 5.31. The van der Waals surface area contributed by atoms with E-state index in [0.29, 0.717) is 16.3 Å². The summed E-state index contributed by atoms with van der Waals surface area (Å²) in [6.07, 6.45) is 1.73. The van der Waals surface area contributed by atoms with Crippen molar-refractivity contribution >= 4 is 29.2 Å². The summed E-state index contributed by atoms with van der Waals surface area (Å²) in [5.41, 5.74) is 2.47. The van der Waals surface area contributed by atoms with Gasteiger partial charge in [-0.05, 0) is 42.0 Å². The molecule has 0 aliphatic heterocycles. The Hall–Kier alpha value is -3.26. The van der Waals surface area contributed by atoms with Gasteiger partial charge < -0.3 is 4.74 Å². The quantitative estimate of drug-likeness (QED) is 0.427. The number of aromatic amines is 2. The van der Waals surface area contributed by atoms with E-state index in [1.165, 1.54) is 0 Å². The lowest BCUT2D eigenvalue weighted by Gasteiger charge is -2.08. The third-order valence-electron chi connectivity index (χ3n) is 4.04. The van der Waals surface area contributed by atoms with Crippen molar-refractivity contribution in [3.8, 4) is 17.3 Å². The monoisotopic (exact) mass is 364 g/mol.